The molecule has 3 nitrogen and oxygen atoms in total. The van der Waals surface area contributed by atoms with E-state index < -0.39 is 9.84 Å². The summed E-state index contributed by atoms with van der Waals surface area (Å²) >= 11 is 0. The van der Waals surface area contributed by atoms with E-state index in [1.807, 2.05) is 0 Å². The second-order valence-corrected chi connectivity index (χ2v) is 4.91. The molecule has 0 radical (unpaired) electrons. The molecule has 0 fully saturated rings. The average Bonchev–Trinajstić information content (AvgIpc) is 2.04. The minimum Gasteiger partial charge on any atom is -0.661 e. The molecule has 0 aromatic heterocycles. The molecule has 1 aromatic carbocycles. The molecule has 0 bridgehead atoms. The van der Waals surface area contributed by atoms with Crippen LogP contribution in [-0.2, 0) is 16.4 Å². The summed E-state index contributed by atoms with van der Waals surface area (Å²) in [5.74, 6) is 0. The fourth-order valence-corrected chi connectivity index (χ4v) is 1.66. The van der Waals surface area contributed by atoms with E-state index in [1.54, 1.807) is 31.3 Å². The maximum atomic E-state index is 11.1. The van der Waals surface area contributed by atoms with Gasteiger partial charge < -0.3 is 5.32 Å². The molecule has 0 saturated heterocycles. The first-order valence-electron chi connectivity index (χ1n) is 3.88. The predicted octanol–water partition coefficient (Wildman–Crippen LogP) is 1.59. The van der Waals surface area contributed by atoms with E-state index in [9.17, 15) is 8.42 Å². The highest BCUT2D eigenvalue weighted by Gasteiger charge is 2.04. The van der Waals surface area contributed by atoms with Crippen molar-refractivity contribution in [3.8, 4) is 0 Å². The monoisotopic (exact) mass is 198 g/mol. The van der Waals surface area contributed by atoms with Crippen molar-refractivity contribution in [1.29, 1.82) is 0 Å². The molecule has 0 saturated carbocycles. The van der Waals surface area contributed by atoms with Gasteiger partial charge in [0.1, 0.15) is 0 Å². The first-order valence-corrected chi connectivity index (χ1v) is 5.78. The van der Waals surface area contributed by atoms with Gasteiger partial charge in [0.25, 0.3) is 0 Å². The third-order valence-electron chi connectivity index (χ3n) is 1.69. The quantitative estimate of drug-likeness (QED) is 0.740. The molecule has 4 heteroatoms. The summed E-state index contributed by atoms with van der Waals surface area (Å²) in [5.41, 5.74) is 1.02. The fourth-order valence-electron chi connectivity index (χ4n) is 1.02. The van der Waals surface area contributed by atoms with Crippen molar-refractivity contribution in [3.63, 3.8) is 0 Å². The number of hydrogen-bond donors (Lipinski definition) is 0. The Morgan fingerprint density at radius 1 is 1.23 bits per heavy atom. The third kappa shape index (κ3) is 2.82. The molecule has 0 spiro atoms. The molecule has 0 atom stereocenters. The lowest BCUT2D eigenvalue weighted by Gasteiger charge is -2.10. The van der Waals surface area contributed by atoms with Crippen molar-refractivity contribution < 1.29 is 8.42 Å². The van der Waals surface area contributed by atoms with Gasteiger partial charge in [-0.15, -0.1) is 6.54 Å². The molecule has 0 unspecified atom stereocenters. The van der Waals surface area contributed by atoms with E-state index >= 15 is 0 Å². The smallest absolute Gasteiger partial charge is 0.175 e. The van der Waals surface area contributed by atoms with Crippen LogP contribution in [0, 0.1) is 0 Å². The van der Waals surface area contributed by atoms with Gasteiger partial charge in [-0.05, 0) is 12.1 Å². The molecule has 13 heavy (non-hydrogen) atoms. The predicted molar refractivity (Wildman–Crippen MR) is 52.5 cm³/mol. The SMILES string of the molecule is C[N-]Cc1ccc(S(C)(=O)=O)cc1. The largest absolute Gasteiger partial charge is 0.661 e. The van der Waals surface area contributed by atoms with E-state index in [2.05, 4.69) is 5.32 Å². The van der Waals surface area contributed by atoms with E-state index in [4.69, 9.17) is 0 Å². The van der Waals surface area contributed by atoms with Crippen LogP contribution in [-0.4, -0.2) is 21.7 Å². The van der Waals surface area contributed by atoms with E-state index in [1.165, 1.54) is 6.26 Å². The van der Waals surface area contributed by atoms with Gasteiger partial charge in [-0.2, -0.15) is 7.05 Å². The molecule has 1 aromatic rings. The number of sulfone groups is 1. The lowest BCUT2D eigenvalue weighted by Crippen LogP contribution is -1.96. The lowest BCUT2D eigenvalue weighted by atomic mass is 10.2. The normalized spacial score (nSPS) is 11.5. The standard InChI is InChI=1S/C9H12NO2S/c1-10-7-8-3-5-9(6-4-8)13(2,11)12/h3-6H,7H2,1-2H3/q-1. The van der Waals surface area contributed by atoms with Gasteiger partial charge in [0, 0.05) is 6.26 Å². The Kier molecular flexibility index (Phi) is 3.06. The van der Waals surface area contributed by atoms with Crippen LogP contribution in [0.25, 0.3) is 5.32 Å². The Labute approximate surface area is 78.7 Å². The zero-order valence-corrected chi connectivity index (χ0v) is 8.50. The molecule has 0 aliphatic carbocycles. The third-order valence-corrected chi connectivity index (χ3v) is 2.82. The number of hydrogen-bond acceptors (Lipinski definition) is 2. The van der Waals surface area contributed by atoms with Gasteiger partial charge >= 0.3 is 0 Å². The maximum Gasteiger partial charge on any atom is 0.175 e. The van der Waals surface area contributed by atoms with Gasteiger partial charge in [0.15, 0.2) is 9.84 Å². The van der Waals surface area contributed by atoms with Crippen LogP contribution in [0.3, 0.4) is 0 Å². The summed E-state index contributed by atoms with van der Waals surface area (Å²) in [6.45, 7) is 0.629. The van der Waals surface area contributed by atoms with Crippen molar-refractivity contribution in [3.05, 3.63) is 35.1 Å². The first-order chi connectivity index (χ1) is 6.04. The number of nitrogens with zero attached hydrogens (tertiary/aromatic N) is 1. The number of benzene rings is 1. The molecule has 0 aliphatic rings. The van der Waals surface area contributed by atoms with E-state index in [-0.39, 0.29) is 0 Å². The Hall–Kier alpha value is -0.870. The highest BCUT2D eigenvalue weighted by Crippen LogP contribution is 2.11. The Morgan fingerprint density at radius 3 is 2.15 bits per heavy atom. The summed E-state index contributed by atoms with van der Waals surface area (Å²) < 4.78 is 22.2. The minimum atomic E-state index is -3.07. The molecule has 0 N–H and O–H groups in total. The lowest BCUT2D eigenvalue weighted by molar-refractivity contribution is 0.602. The summed E-state index contributed by atoms with van der Waals surface area (Å²) in [6, 6.07) is 6.78. The second-order valence-electron chi connectivity index (χ2n) is 2.89. The molecule has 1 rings (SSSR count). The van der Waals surface area contributed by atoms with E-state index in [0.717, 1.165) is 5.56 Å². The fraction of sp³-hybridized carbons (Fsp3) is 0.333. The molecule has 72 valence electrons. The van der Waals surface area contributed by atoms with Crippen molar-refractivity contribution in [2.45, 2.75) is 11.4 Å². The van der Waals surface area contributed by atoms with Gasteiger partial charge in [-0.25, -0.2) is 8.42 Å². The summed E-state index contributed by atoms with van der Waals surface area (Å²) in [7, 11) is -1.34. The highest BCUT2D eigenvalue weighted by atomic mass is 32.2. The Bertz CT molecular complexity index is 367. The molecule has 0 amide bonds. The maximum absolute atomic E-state index is 11.1. The summed E-state index contributed by atoms with van der Waals surface area (Å²) in [5, 5.41) is 3.95. The summed E-state index contributed by atoms with van der Waals surface area (Å²) in [4.78, 5) is 0.354. The minimum absolute atomic E-state index is 0.354. The van der Waals surface area contributed by atoms with Crippen LogP contribution < -0.4 is 0 Å². The van der Waals surface area contributed by atoms with Crippen LogP contribution in [0.5, 0.6) is 0 Å². The van der Waals surface area contributed by atoms with Gasteiger partial charge in [-0.1, -0.05) is 17.7 Å². The van der Waals surface area contributed by atoms with Crippen LogP contribution in [0.1, 0.15) is 5.56 Å². The van der Waals surface area contributed by atoms with Crippen LogP contribution >= 0.6 is 0 Å². The molecule has 0 heterocycles. The Balaban J connectivity index is 2.94. The van der Waals surface area contributed by atoms with Crippen LogP contribution in [0.2, 0.25) is 0 Å². The Morgan fingerprint density at radius 2 is 1.77 bits per heavy atom. The van der Waals surface area contributed by atoms with E-state index in [0.29, 0.717) is 11.4 Å². The molecule has 0 aliphatic heterocycles. The topological polar surface area (TPSA) is 48.2 Å². The van der Waals surface area contributed by atoms with Crippen LogP contribution in [0.4, 0.5) is 0 Å². The second kappa shape index (κ2) is 3.89. The average molecular weight is 198 g/mol. The highest BCUT2D eigenvalue weighted by molar-refractivity contribution is 7.90. The number of rotatable bonds is 3. The van der Waals surface area contributed by atoms with Crippen molar-refractivity contribution in [2.24, 2.45) is 0 Å². The molecular formula is C9H12NO2S-. The van der Waals surface area contributed by atoms with Crippen molar-refractivity contribution >= 4 is 9.84 Å². The van der Waals surface area contributed by atoms with Crippen molar-refractivity contribution in [1.82, 2.24) is 0 Å². The first kappa shape index (κ1) is 10.2. The van der Waals surface area contributed by atoms with Crippen molar-refractivity contribution in [2.75, 3.05) is 13.3 Å². The zero-order valence-electron chi connectivity index (χ0n) is 7.69. The molecular weight excluding hydrogens is 186 g/mol. The van der Waals surface area contributed by atoms with Gasteiger partial charge in [-0.3, -0.25) is 0 Å². The van der Waals surface area contributed by atoms with Gasteiger partial charge in [0.05, 0.1) is 4.90 Å². The zero-order chi connectivity index (χ0) is 9.90. The van der Waals surface area contributed by atoms with Gasteiger partial charge in [0.2, 0.25) is 0 Å². The summed E-state index contributed by atoms with van der Waals surface area (Å²) in [6.07, 6.45) is 1.20. The van der Waals surface area contributed by atoms with Crippen LogP contribution in [0.15, 0.2) is 29.2 Å².